The molecule has 1 unspecified atom stereocenters. The second-order valence-corrected chi connectivity index (χ2v) is 3.14. The van der Waals surface area contributed by atoms with Crippen molar-refractivity contribution in [3.63, 3.8) is 0 Å². The van der Waals surface area contributed by atoms with Gasteiger partial charge in [0.05, 0.1) is 12.5 Å². The predicted molar refractivity (Wildman–Crippen MR) is 44.6 cm³/mol. The Balaban J connectivity index is 3.87. The Bertz CT molecular complexity index is 184. The van der Waals surface area contributed by atoms with Crippen molar-refractivity contribution in [2.45, 2.75) is 32.7 Å². The van der Waals surface area contributed by atoms with Crippen molar-refractivity contribution in [1.29, 1.82) is 5.26 Å². The van der Waals surface area contributed by atoms with Gasteiger partial charge in [-0.2, -0.15) is 5.26 Å². The molecule has 0 radical (unpaired) electrons. The highest BCUT2D eigenvalue weighted by atomic mass is 16.4. The van der Waals surface area contributed by atoms with Crippen LogP contribution >= 0.6 is 0 Å². The van der Waals surface area contributed by atoms with Crippen molar-refractivity contribution in [3.8, 4) is 6.07 Å². The Kier molecular flexibility index (Phi) is 4.86. The molecule has 0 aromatic carbocycles. The summed E-state index contributed by atoms with van der Waals surface area (Å²) in [5.74, 6) is 0.398. The van der Waals surface area contributed by atoms with Crippen LogP contribution in [0.4, 0.5) is 4.79 Å². The maximum atomic E-state index is 10.2. The minimum atomic E-state index is -1.06. The first-order valence-corrected chi connectivity index (χ1v) is 3.92. The van der Waals surface area contributed by atoms with Crippen molar-refractivity contribution >= 4 is 6.09 Å². The van der Waals surface area contributed by atoms with Gasteiger partial charge in [-0.1, -0.05) is 13.8 Å². The third kappa shape index (κ3) is 5.54. The standard InChI is InChI=1S/C8H14N2O2/c1-6(2)5-7(3-4-9)10-8(11)12/h6-7,10H,3,5H2,1-2H3,(H,11,12). The summed E-state index contributed by atoms with van der Waals surface area (Å²) in [6.45, 7) is 3.99. The van der Waals surface area contributed by atoms with Gasteiger partial charge in [-0.25, -0.2) is 4.79 Å². The molecule has 2 N–H and O–H groups in total. The number of hydrogen-bond donors (Lipinski definition) is 2. The van der Waals surface area contributed by atoms with E-state index in [9.17, 15) is 4.79 Å². The van der Waals surface area contributed by atoms with Crippen LogP contribution in [0.2, 0.25) is 0 Å². The van der Waals surface area contributed by atoms with E-state index >= 15 is 0 Å². The third-order valence-electron chi connectivity index (χ3n) is 1.42. The molecular weight excluding hydrogens is 156 g/mol. The zero-order valence-corrected chi connectivity index (χ0v) is 7.37. The molecule has 0 aromatic heterocycles. The largest absolute Gasteiger partial charge is 0.465 e. The highest BCUT2D eigenvalue weighted by Gasteiger charge is 2.12. The molecule has 0 aliphatic heterocycles. The maximum absolute atomic E-state index is 10.2. The summed E-state index contributed by atoms with van der Waals surface area (Å²) in [5.41, 5.74) is 0. The van der Waals surface area contributed by atoms with E-state index in [1.807, 2.05) is 19.9 Å². The smallest absolute Gasteiger partial charge is 0.404 e. The van der Waals surface area contributed by atoms with Gasteiger partial charge < -0.3 is 10.4 Å². The lowest BCUT2D eigenvalue weighted by atomic mass is 10.0. The molecule has 68 valence electrons. The number of nitriles is 1. The minimum absolute atomic E-state index is 0.229. The highest BCUT2D eigenvalue weighted by Crippen LogP contribution is 2.06. The van der Waals surface area contributed by atoms with Crippen LogP contribution in [-0.4, -0.2) is 17.2 Å². The Morgan fingerprint density at radius 3 is 2.58 bits per heavy atom. The summed E-state index contributed by atoms with van der Waals surface area (Å²) in [6.07, 6.45) is -0.111. The molecule has 0 heterocycles. The lowest BCUT2D eigenvalue weighted by Gasteiger charge is -2.15. The van der Waals surface area contributed by atoms with Crippen LogP contribution in [0.3, 0.4) is 0 Å². The third-order valence-corrected chi connectivity index (χ3v) is 1.42. The number of rotatable bonds is 4. The molecule has 0 rings (SSSR count). The van der Waals surface area contributed by atoms with Gasteiger partial charge in [0.25, 0.3) is 0 Å². The van der Waals surface area contributed by atoms with Crippen molar-refractivity contribution in [1.82, 2.24) is 5.32 Å². The van der Waals surface area contributed by atoms with Crippen LogP contribution in [-0.2, 0) is 0 Å². The quantitative estimate of drug-likeness (QED) is 0.672. The summed E-state index contributed by atoms with van der Waals surface area (Å²) >= 11 is 0. The first-order valence-electron chi connectivity index (χ1n) is 3.92. The van der Waals surface area contributed by atoms with Gasteiger partial charge in [0.15, 0.2) is 0 Å². The van der Waals surface area contributed by atoms with Gasteiger partial charge in [0, 0.05) is 6.04 Å². The summed E-state index contributed by atoms with van der Waals surface area (Å²) in [6, 6.07) is 1.72. The normalized spacial score (nSPS) is 12.2. The predicted octanol–water partition coefficient (Wildman–Crippen LogP) is 1.58. The van der Waals surface area contributed by atoms with E-state index in [4.69, 9.17) is 10.4 Å². The summed E-state index contributed by atoms with van der Waals surface area (Å²) in [7, 11) is 0. The second kappa shape index (κ2) is 5.42. The Morgan fingerprint density at radius 1 is 1.67 bits per heavy atom. The van der Waals surface area contributed by atoms with Crippen LogP contribution in [0.25, 0.3) is 0 Å². The van der Waals surface area contributed by atoms with Crippen LogP contribution in [0, 0.1) is 17.2 Å². The van der Waals surface area contributed by atoms with Crippen LogP contribution in [0.5, 0.6) is 0 Å². The zero-order chi connectivity index (χ0) is 9.56. The molecule has 0 fully saturated rings. The van der Waals surface area contributed by atoms with E-state index in [0.717, 1.165) is 0 Å². The lowest BCUT2D eigenvalue weighted by Crippen LogP contribution is -2.34. The molecule has 0 saturated carbocycles. The molecule has 0 aliphatic carbocycles. The molecule has 0 saturated heterocycles. The fraction of sp³-hybridized carbons (Fsp3) is 0.750. The summed E-state index contributed by atoms with van der Waals surface area (Å²) in [4.78, 5) is 10.2. The number of carbonyl (C=O) groups is 1. The van der Waals surface area contributed by atoms with Gasteiger partial charge in [-0.15, -0.1) is 0 Å². The van der Waals surface area contributed by atoms with Crippen molar-refractivity contribution in [2.75, 3.05) is 0 Å². The Labute approximate surface area is 72.2 Å². The average molecular weight is 170 g/mol. The molecule has 4 nitrogen and oxygen atoms in total. The molecule has 0 spiro atoms. The van der Waals surface area contributed by atoms with Crippen LogP contribution in [0.1, 0.15) is 26.7 Å². The van der Waals surface area contributed by atoms with E-state index < -0.39 is 6.09 Å². The number of nitrogens with one attached hydrogen (secondary N) is 1. The summed E-state index contributed by atoms with van der Waals surface area (Å²) in [5, 5.41) is 19.1. The molecule has 0 aromatic rings. The zero-order valence-electron chi connectivity index (χ0n) is 7.37. The SMILES string of the molecule is CC(C)CC(CC#N)NC(=O)O. The minimum Gasteiger partial charge on any atom is -0.465 e. The monoisotopic (exact) mass is 170 g/mol. The molecule has 0 aliphatic rings. The summed E-state index contributed by atoms with van der Waals surface area (Å²) < 4.78 is 0. The Hall–Kier alpha value is -1.24. The van der Waals surface area contributed by atoms with E-state index in [-0.39, 0.29) is 12.5 Å². The topological polar surface area (TPSA) is 73.1 Å². The van der Waals surface area contributed by atoms with Crippen molar-refractivity contribution in [2.24, 2.45) is 5.92 Å². The number of nitrogens with zero attached hydrogens (tertiary/aromatic N) is 1. The first kappa shape index (κ1) is 10.8. The fourth-order valence-corrected chi connectivity index (χ4v) is 1.05. The highest BCUT2D eigenvalue weighted by molar-refractivity contribution is 5.64. The molecule has 1 amide bonds. The van der Waals surface area contributed by atoms with Crippen molar-refractivity contribution < 1.29 is 9.90 Å². The second-order valence-electron chi connectivity index (χ2n) is 3.14. The lowest BCUT2D eigenvalue weighted by molar-refractivity contribution is 0.188. The molecule has 0 bridgehead atoms. The Morgan fingerprint density at radius 2 is 2.25 bits per heavy atom. The van der Waals surface area contributed by atoms with Gasteiger partial charge in [-0.3, -0.25) is 0 Å². The van der Waals surface area contributed by atoms with Gasteiger partial charge >= 0.3 is 6.09 Å². The number of carboxylic acid groups (broad SMARTS) is 1. The van der Waals surface area contributed by atoms with Crippen molar-refractivity contribution in [3.05, 3.63) is 0 Å². The van der Waals surface area contributed by atoms with E-state index in [0.29, 0.717) is 12.3 Å². The molecular formula is C8H14N2O2. The first-order chi connectivity index (χ1) is 5.56. The van der Waals surface area contributed by atoms with E-state index in [1.54, 1.807) is 0 Å². The van der Waals surface area contributed by atoms with Crippen LogP contribution < -0.4 is 5.32 Å². The maximum Gasteiger partial charge on any atom is 0.404 e. The van der Waals surface area contributed by atoms with E-state index in [1.165, 1.54) is 0 Å². The number of hydrogen-bond acceptors (Lipinski definition) is 2. The molecule has 1 atom stereocenters. The van der Waals surface area contributed by atoms with Gasteiger partial charge in [0.1, 0.15) is 0 Å². The molecule has 12 heavy (non-hydrogen) atoms. The van der Waals surface area contributed by atoms with Crippen LogP contribution in [0.15, 0.2) is 0 Å². The average Bonchev–Trinajstić information content (AvgIpc) is 1.84. The fourth-order valence-electron chi connectivity index (χ4n) is 1.05. The van der Waals surface area contributed by atoms with Gasteiger partial charge in [0.2, 0.25) is 0 Å². The molecule has 4 heteroatoms. The van der Waals surface area contributed by atoms with E-state index in [2.05, 4.69) is 5.32 Å². The van der Waals surface area contributed by atoms with Gasteiger partial charge in [-0.05, 0) is 12.3 Å². The number of amides is 1.